The van der Waals surface area contributed by atoms with E-state index in [4.69, 9.17) is 4.74 Å². The van der Waals surface area contributed by atoms with Gasteiger partial charge in [-0.2, -0.15) is 8.78 Å². The Balaban J connectivity index is 1.50. The van der Waals surface area contributed by atoms with Gasteiger partial charge in [-0.05, 0) is 43.6 Å². The second kappa shape index (κ2) is 6.03. The molecule has 0 aromatic carbocycles. The third kappa shape index (κ3) is 3.44. The van der Waals surface area contributed by atoms with Crippen LogP contribution in [0.15, 0.2) is 18.3 Å². The molecule has 1 aromatic rings. The molecule has 0 radical (unpaired) electrons. The zero-order valence-corrected chi connectivity index (χ0v) is 12.7. The number of aromatic nitrogens is 1. The number of nitrogens with one attached hydrogen (secondary N) is 1. The van der Waals surface area contributed by atoms with E-state index in [9.17, 15) is 18.7 Å². The second-order valence-corrected chi connectivity index (χ2v) is 6.40. The van der Waals surface area contributed by atoms with Gasteiger partial charge in [0.05, 0.1) is 6.61 Å². The summed E-state index contributed by atoms with van der Waals surface area (Å²) < 4.78 is 33.3. The quantitative estimate of drug-likeness (QED) is 0.804. The van der Waals surface area contributed by atoms with Gasteiger partial charge in [0.15, 0.2) is 0 Å². The summed E-state index contributed by atoms with van der Waals surface area (Å²) in [6.07, 6.45) is 4.25. The molecule has 5 nitrogen and oxygen atoms in total. The van der Waals surface area contributed by atoms with Gasteiger partial charge >= 0.3 is 5.92 Å². The average Bonchev–Trinajstić information content (AvgIpc) is 3.33. The van der Waals surface area contributed by atoms with Crippen molar-refractivity contribution in [2.45, 2.75) is 50.2 Å². The van der Waals surface area contributed by atoms with E-state index in [0.717, 1.165) is 0 Å². The van der Waals surface area contributed by atoms with Crippen LogP contribution in [0.1, 0.15) is 37.7 Å². The van der Waals surface area contributed by atoms with Crippen molar-refractivity contribution in [3.05, 3.63) is 23.9 Å². The summed E-state index contributed by atoms with van der Waals surface area (Å²) in [5, 5.41) is 11.9. The summed E-state index contributed by atoms with van der Waals surface area (Å²) >= 11 is 0. The SMILES string of the molecule is O=C(NCc1ccc(OCC2CC2)nc1)C(F)(F)C1(O)CCC1. The Kier molecular flexibility index (Phi) is 4.23. The largest absolute Gasteiger partial charge is 0.477 e. The van der Waals surface area contributed by atoms with Crippen molar-refractivity contribution in [2.24, 2.45) is 5.92 Å². The van der Waals surface area contributed by atoms with Gasteiger partial charge in [-0.25, -0.2) is 4.98 Å². The smallest absolute Gasteiger partial charge is 0.352 e. The molecule has 2 saturated carbocycles. The lowest BCUT2D eigenvalue weighted by Crippen LogP contribution is -2.60. The van der Waals surface area contributed by atoms with Crippen molar-refractivity contribution in [2.75, 3.05) is 6.61 Å². The molecule has 0 bridgehead atoms. The van der Waals surface area contributed by atoms with Crippen LogP contribution in [-0.4, -0.2) is 34.1 Å². The Hall–Kier alpha value is -1.76. The summed E-state index contributed by atoms with van der Waals surface area (Å²) in [6, 6.07) is 3.33. The van der Waals surface area contributed by atoms with Gasteiger partial charge in [0, 0.05) is 18.8 Å². The Morgan fingerprint density at radius 3 is 2.70 bits per heavy atom. The third-order valence-corrected chi connectivity index (χ3v) is 4.46. The summed E-state index contributed by atoms with van der Waals surface area (Å²) in [5.41, 5.74) is -1.61. The van der Waals surface area contributed by atoms with Crippen LogP contribution >= 0.6 is 0 Å². The van der Waals surface area contributed by atoms with Crippen LogP contribution in [0.3, 0.4) is 0 Å². The molecular weight excluding hydrogens is 306 g/mol. The van der Waals surface area contributed by atoms with E-state index in [1.54, 1.807) is 12.1 Å². The fourth-order valence-electron chi connectivity index (χ4n) is 2.42. The molecule has 2 N–H and O–H groups in total. The number of pyridine rings is 1. The standard InChI is InChI=1S/C16H20F2N2O3/c17-16(18,15(22)6-1-7-15)14(21)20-9-12-4-5-13(19-8-12)23-10-11-2-3-11/h4-5,8,11,22H,1-3,6-7,9-10H2,(H,20,21). The lowest BCUT2D eigenvalue weighted by molar-refractivity contribution is -0.216. The molecule has 0 spiro atoms. The van der Waals surface area contributed by atoms with Crippen molar-refractivity contribution in [1.29, 1.82) is 0 Å². The van der Waals surface area contributed by atoms with Gasteiger partial charge in [0.25, 0.3) is 5.91 Å². The van der Waals surface area contributed by atoms with Crippen molar-refractivity contribution in [3.8, 4) is 5.88 Å². The first-order valence-corrected chi connectivity index (χ1v) is 7.87. The van der Waals surface area contributed by atoms with E-state index in [1.807, 2.05) is 0 Å². The molecule has 1 heterocycles. The molecule has 1 aromatic heterocycles. The van der Waals surface area contributed by atoms with Crippen LogP contribution in [0.2, 0.25) is 0 Å². The number of hydrogen-bond donors (Lipinski definition) is 2. The highest BCUT2D eigenvalue weighted by Crippen LogP contribution is 2.44. The van der Waals surface area contributed by atoms with E-state index >= 15 is 0 Å². The van der Waals surface area contributed by atoms with Gasteiger partial charge in [-0.15, -0.1) is 0 Å². The van der Waals surface area contributed by atoms with E-state index in [1.165, 1.54) is 19.0 Å². The van der Waals surface area contributed by atoms with Gasteiger partial charge < -0.3 is 15.2 Å². The van der Waals surface area contributed by atoms with Gasteiger partial charge in [0.2, 0.25) is 5.88 Å². The number of carbonyl (C=O) groups excluding carboxylic acids is 1. The zero-order valence-electron chi connectivity index (χ0n) is 12.7. The first kappa shape index (κ1) is 16.1. The minimum Gasteiger partial charge on any atom is -0.477 e. The summed E-state index contributed by atoms with van der Waals surface area (Å²) in [7, 11) is 0. The number of halogens is 2. The third-order valence-electron chi connectivity index (χ3n) is 4.46. The summed E-state index contributed by atoms with van der Waals surface area (Å²) in [6.45, 7) is 0.578. The monoisotopic (exact) mass is 326 g/mol. The molecule has 0 unspecified atom stereocenters. The van der Waals surface area contributed by atoms with Gasteiger partial charge in [0.1, 0.15) is 5.60 Å². The lowest BCUT2D eigenvalue weighted by atomic mass is 9.75. The predicted molar refractivity (Wildman–Crippen MR) is 78.1 cm³/mol. The fraction of sp³-hybridized carbons (Fsp3) is 0.625. The molecule has 3 rings (SSSR count). The van der Waals surface area contributed by atoms with E-state index in [0.29, 0.717) is 30.4 Å². The molecule has 0 atom stereocenters. The molecule has 2 fully saturated rings. The Morgan fingerprint density at radius 1 is 1.43 bits per heavy atom. The number of alkyl halides is 2. The maximum Gasteiger partial charge on any atom is 0.352 e. The highest BCUT2D eigenvalue weighted by molar-refractivity contribution is 5.85. The van der Waals surface area contributed by atoms with E-state index in [-0.39, 0.29) is 19.4 Å². The van der Waals surface area contributed by atoms with Crippen molar-refractivity contribution in [1.82, 2.24) is 10.3 Å². The molecule has 23 heavy (non-hydrogen) atoms. The van der Waals surface area contributed by atoms with Crippen LogP contribution in [0.25, 0.3) is 0 Å². The van der Waals surface area contributed by atoms with Crippen LogP contribution in [0, 0.1) is 5.92 Å². The molecular formula is C16H20F2N2O3. The van der Waals surface area contributed by atoms with Crippen LogP contribution < -0.4 is 10.1 Å². The van der Waals surface area contributed by atoms with Crippen LogP contribution in [-0.2, 0) is 11.3 Å². The van der Waals surface area contributed by atoms with Gasteiger partial charge in [-0.1, -0.05) is 6.07 Å². The molecule has 2 aliphatic rings. The predicted octanol–water partition coefficient (Wildman–Crippen LogP) is 2.04. The van der Waals surface area contributed by atoms with Crippen LogP contribution in [0.4, 0.5) is 8.78 Å². The fourth-order valence-corrected chi connectivity index (χ4v) is 2.42. The first-order chi connectivity index (χ1) is 10.9. The topological polar surface area (TPSA) is 71.5 Å². The highest BCUT2D eigenvalue weighted by atomic mass is 19.3. The van der Waals surface area contributed by atoms with Gasteiger partial charge in [-0.3, -0.25) is 4.79 Å². The number of carbonyl (C=O) groups is 1. The summed E-state index contributed by atoms with van der Waals surface area (Å²) in [4.78, 5) is 15.7. The molecule has 2 aliphatic carbocycles. The Morgan fingerprint density at radius 2 is 2.17 bits per heavy atom. The summed E-state index contributed by atoms with van der Waals surface area (Å²) in [5.74, 6) is -4.11. The highest BCUT2D eigenvalue weighted by Gasteiger charge is 2.61. The van der Waals surface area contributed by atoms with Crippen molar-refractivity contribution in [3.63, 3.8) is 0 Å². The molecule has 0 aliphatic heterocycles. The number of hydrogen-bond acceptors (Lipinski definition) is 4. The van der Waals surface area contributed by atoms with E-state index < -0.39 is 17.4 Å². The maximum absolute atomic E-state index is 13.9. The Labute approximate surface area is 133 Å². The Bertz CT molecular complexity index is 569. The molecule has 7 heteroatoms. The lowest BCUT2D eigenvalue weighted by Gasteiger charge is -2.41. The number of nitrogens with zero attached hydrogens (tertiary/aromatic N) is 1. The maximum atomic E-state index is 13.9. The molecule has 1 amide bonds. The minimum absolute atomic E-state index is 0.0536. The number of ether oxygens (including phenoxy) is 1. The molecule has 0 saturated heterocycles. The minimum atomic E-state index is -3.77. The van der Waals surface area contributed by atoms with Crippen molar-refractivity contribution < 1.29 is 23.4 Å². The number of amides is 1. The first-order valence-electron chi connectivity index (χ1n) is 7.87. The number of aliphatic hydroxyl groups is 1. The second-order valence-electron chi connectivity index (χ2n) is 6.40. The average molecular weight is 326 g/mol. The number of rotatable bonds is 7. The molecule has 126 valence electrons. The zero-order chi connectivity index (χ0) is 16.5. The normalized spacial score (nSPS) is 19.8. The van der Waals surface area contributed by atoms with E-state index in [2.05, 4.69) is 10.3 Å². The van der Waals surface area contributed by atoms with Crippen molar-refractivity contribution >= 4 is 5.91 Å². The van der Waals surface area contributed by atoms with Crippen LogP contribution in [0.5, 0.6) is 5.88 Å².